The predicted octanol–water partition coefficient (Wildman–Crippen LogP) is 3.40. The molecule has 0 saturated carbocycles. The van der Waals surface area contributed by atoms with Crippen LogP contribution in [0.15, 0.2) is 48.8 Å². The van der Waals surface area contributed by atoms with Crippen LogP contribution < -0.4 is 10.2 Å². The van der Waals surface area contributed by atoms with Crippen molar-refractivity contribution in [3.63, 3.8) is 0 Å². The van der Waals surface area contributed by atoms with Gasteiger partial charge in [0, 0.05) is 25.2 Å². The smallest absolute Gasteiger partial charge is 0.147 e. The predicted molar refractivity (Wildman–Crippen MR) is 99.4 cm³/mol. The number of nitrogens with one attached hydrogen (secondary N) is 1. The summed E-state index contributed by atoms with van der Waals surface area (Å²) in [5.74, 6) is 0.975. The van der Waals surface area contributed by atoms with E-state index in [2.05, 4.69) is 58.5 Å². The maximum Gasteiger partial charge on any atom is 0.147 e. The highest BCUT2D eigenvalue weighted by Gasteiger charge is 2.14. The van der Waals surface area contributed by atoms with Crippen molar-refractivity contribution < 1.29 is 0 Å². The van der Waals surface area contributed by atoms with Crippen LogP contribution in [-0.4, -0.2) is 36.1 Å². The minimum Gasteiger partial charge on any atom is -0.354 e. The van der Waals surface area contributed by atoms with Gasteiger partial charge in [0.2, 0.25) is 0 Å². The van der Waals surface area contributed by atoms with E-state index in [-0.39, 0.29) is 0 Å². The first-order valence-electron chi connectivity index (χ1n) is 8.59. The lowest BCUT2D eigenvalue weighted by molar-refractivity contribution is 0.724. The number of hydrogen-bond acceptors (Lipinski definition) is 4. The maximum absolute atomic E-state index is 4.95. The van der Waals surface area contributed by atoms with Crippen LogP contribution in [0.3, 0.4) is 0 Å². The molecule has 1 fully saturated rings. The first-order chi connectivity index (χ1) is 11.8. The molecule has 0 unspecified atom stereocenters. The van der Waals surface area contributed by atoms with Gasteiger partial charge in [-0.25, -0.2) is 4.98 Å². The number of aryl methyl sites for hydroxylation is 1. The van der Waals surface area contributed by atoms with Crippen molar-refractivity contribution in [3.05, 3.63) is 54.4 Å². The molecule has 122 valence electrons. The van der Waals surface area contributed by atoms with Crippen LogP contribution in [-0.2, 0) is 0 Å². The molecule has 4 nitrogen and oxygen atoms in total. The third-order valence-corrected chi connectivity index (χ3v) is 4.68. The number of fused-ring (bicyclic) bond motifs is 1. The van der Waals surface area contributed by atoms with Crippen LogP contribution in [0.2, 0.25) is 0 Å². The molecule has 2 aromatic carbocycles. The SMILES string of the molecule is Cc1ccc2ccccc2c1-c1cncc(N2CCCNCC2)n1. The van der Waals surface area contributed by atoms with E-state index in [0.29, 0.717) is 0 Å². The van der Waals surface area contributed by atoms with Crippen molar-refractivity contribution in [2.45, 2.75) is 13.3 Å². The normalized spacial score (nSPS) is 15.5. The van der Waals surface area contributed by atoms with Gasteiger partial charge in [0.1, 0.15) is 5.82 Å². The van der Waals surface area contributed by atoms with Gasteiger partial charge in [0.05, 0.1) is 18.1 Å². The molecule has 0 aliphatic carbocycles. The monoisotopic (exact) mass is 318 g/mol. The van der Waals surface area contributed by atoms with Gasteiger partial charge in [-0.1, -0.05) is 36.4 Å². The van der Waals surface area contributed by atoms with Crippen molar-refractivity contribution in [1.29, 1.82) is 0 Å². The molecule has 4 heteroatoms. The summed E-state index contributed by atoms with van der Waals surface area (Å²) in [5.41, 5.74) is 3.38. The van der Waals surface area contributed by atoms with E-state index in [0.717, 1.165) is 44.1 Å². The Balaban J connectivity index is 1.80. The fraction of sp³-hybridized carbons (Fsp3) is 0.300. The molecule has 0 bridgehead atoms. The van der Waals surface area contributed by atoms with Gasteiger partial charge in [-0.2, -0.15) is 0 Å². The number of aromatic nitrogens is 2. The van der Waals surface area contributed by atoms with Crippen molar-refractivity contribution in [1.82, 2.24) is 15.3 Å². The molecule has 1 aliphatic rings. The first-order valence-corrected chi connectivity index (χ1v) is 8.59. The number of benzene rings is 2. The Morgan fingerprint density at radius 1 is 1.00 bits per heavy atom. The second-order valence-electron chi connectivity index (χ2n) is 6.33. The summed E-state index contributed by atoms with van der Waals surface area (Å²) in [7, 11) is 0. The van der Waals surface area contributed by atoms with Crippen molar-refractivity contribution >= 4 is 16.6 Å². The molecule has 4 rings (SSSR count). The molecule has 1 saturated heterocycles. The zero-order valence-corrected chi connectivity index (χ0v) is 14.0. The minimum atomic E-state index is 0.957. The molecule has 1 aliphatic heterocycles. The summed E-state index contributed by atoms with van der Waals surface area (Å²) in [5, 5.41) is 5.91. The van der Waals surface area contributed by atoms with E-state index < -0.39 is 0 Å². The zero-order chi connectivity index (χ0) is 16.4. The Bertz CT molecular complexity index is 851. The Morgan fingerprint density at radius 3 is 2.88 bits per heavy atom. The molecular weight excluding hydrogens is 296 g/mol. The lowest BCUT2D eigenvalue weighted by Crippen LogP contribution is -2.28. The molecule has 3 aromatic rings. The van der Waals surface area contributed by atoms with Crippen LogP contribution >= 0.6 is 0 Å². The molecule has 0 spiro atoms. The van der Waals surface area contributed by atoms with Crippen molar-refractivity contribution in [2.75, 3.05) is 31.1 Å². The highest BCUT2D eigenvalue weighted by Crippen LogP contribution is 2.31. The summed E-state index contributed by atoms with van der Waals surface area (Å²) in [6, 6.07) is 12.8. The molecule has 2 heterocycles. The van der Waals surface area contributed by atoms with Crippen molar-refractivity contribution in [2.24, 2.45) is 0 Å². The van der Waals surface area contributed by atoms with Gasteiger partial charge < -0.3 is 10.2 Å². The summed E-state index contributed by atoms with van der Waals surface area (Å²) in [6.45, 7) is 6.23. The Hall–Kier alpha value is -2.46. The lowest BCUT2D eigenvalue weighted by atomic mass is 9.97. The highest BCUT2D eigenvalue weighted by atomic mass is 15.2. The quantitative estimate of drug-likeness (QED) is 0.786. The second kappa shape index (κ2) is 6.57. The number of rotatable bonds is 2. The third-order valence-electron chi connectivity index (χ3n) is 4.68. The Morgan fingerprint density at radius 2 is 1.92 bits per heavy atom. The topological polar surface area (TPSA) is 41.1 Å². The summed E-state index contributed by atoms with van der Waals surface area (Å²) in [6.07, 6.45) is 4.91. The summed E-state index contributed by atoms with van der Waals surface area (Å²) < 4.78 is 0. The highest BCUT2D eigenvalue weighted by molar-refractivity contribution is 5.97. The van der Waals surface area contributed by atoms with Gasteiger partial charge in [0.15, 0.2) is 0 Å². The lowest BCUT2D eigenvalue weighted by Gasteiger charge is -2.21. The second-order valence-corrected chi connectivity index (χ2v) is 6.33. The molecule has 24 heavy (non-hydrogen) atoms. The van der Waals surface area contributed by atoms with Gasteiger partial charge in [-0.05, 0) is 36.2 Å². The minimum absolute atomic E-state index is 0.957. The molecular formula is C20H22N4. The van der Waals surface area contributed by atoms with E-state index in [1.807, 2.05) is 12.4 Å². The third kappa shape index (κ3) is 2.85. The number of hydrogen-bond donors (Lipinski definition) is 1. The maximum atomic E-state index is 4.95. The Labute approximate surface area is 142 Å². The van der Waals surface area contributed by atoms with E-state index in [1.165, 1.54) is 21.9 Å². The molecule has 0 amide bonds. The number of anilines is 1. The molecule has 0 atom stereocenters. The Kier molecular flexibility index (Phi) is 4.13. The molecule has 1 N–H and O–H groups in total. The molecule has 1 aromatic heterocycles. The largest absolute Gasteiger partial charge is 0.354 e. The average molecular weight is 318 g/mol. The first kappa shape index (κ1) is 15.1. The van der Waals surface area contributed by atoms with Crippen LogP contribution in [0.5, 0.6) is 0 Å². The summed E-state index contributed by atoms with van der Waals surface area (Å²) in [4.78, 5) is 11.8. The van der Waals surface area contributed by atoms with E-state index in [1.54, 1.807) is 0 Å². The van der Waals surface area contributed by atoms with Crippen molar-refractivity contribution in [3.8, 4) is 11.3 Å². The fourth-order valence-electron chi connectivity index (χ4n) is 3.42. The van der Waals surface area contributed by atoms with Crippen LogP contribution in [0.4, 0.5) is 5.82 Å². The van der Waals surface area contributed by atoms with Gasteiger partial charge in [-0.15, -0.1) is 0 Å². The van der Waals surface area contributed by atoms with E-state index in [4.69, 9.17) is 4.98 Å². The van der Waals surface area contributed by atoms with Crippen LogP contribution in [0.1, 0.15) is 12.0 Å². The summed E-state index contributed by atoms with van der Waals surface area (Å²) >= 11 is 0. The van der Waals surface area contributed by atoms with Gasteiger partial charge in [0.25, 0.3) is 0 Å². The van der Waals surface area contributed by atoms with Gasteiger partial charge in [-0.3, -0.25) is 4.98 Å². The zero-order valence-electron chi connectivity index (χ0n) is 14.0. The molecule has 0 radical (unpaired) electrons. The van der Waals surface area contributed by atoms with Gasteiger partial charge >= 0.3 is 0 Å². The van der Waals surface area contributed by atoms with E-state index >= 15 is 0 Å². The van der Waals surface area contributed by atoms with Crippen LogP contribution in [0.25, 0.3) is 22.0 Å². The average Bonchev–Trinajstić information content (AvgIpc) is 2.91. The van der Waals surface area contributed by atoms with E-state index in [9.17, 15) is 0 Å². The van der Waals surface area contributed by atoms with Crippen LogP contribution in [0, 0.1) is 6.92 Å². The fourth-order valence-corrected chi connectivity index (χ4v) is 3.42. The standard InChI is InChI=1S/C20H22N4/c1-15-7-8-16-5-2-3-6-17(16)20(15)18-13-22-14-19(23-18)24-11-4-9-21-10-12-24/h2-3,5-8,13-14,21H,4,9-12H2,1H3. The number of nitrogens with zero attached hydrogens (tertiary/aromatic N) is 3.